The molecule has 0 fully saturated rings. The van der Waals surface area contributed by atoms with Gasteiger partial charge in [-0.1, -0.05) is 12.1 Å². The molecule has 1 heterocycles. The van der Waals surface area contributed by atoms with Crippen molar-refractivity contribution in [3.05, 3.63) is 58.4 Å². The lowest BCUT2D eigenvalue weighted by Crippen LogP contribution is -2.16. The second-order valence-electron chi connectivity index (χ2n) is 6.12. The number of benzene rings is 1. The molecule has 0 atom stereocenters. The third-order valence-corrected chi connectivity index (χ3v) is 4.06. The minimum absolute atomic E-state index is 0.0875. The number of ether oxygens (including phenoxy) is 1. The van der Waals surface area contributed by atoms with Gasteiger partial charge in [-0.3, -0.25) is 0 Å². The lowest BCUT2D eigenvalue weighted by molar-refractivity contribution is 0.408. The van der Waals surface area contributed by atoms with Crippen LogP contribution in [0.25, 0.3) is 5.70 Å². The van der Waals surface area contributed by atoms with Gasteiger partial charge in [-0.25, -0.2) is 4.99 Å². The van der Waals surface area contributed by atoms with Crippen molar-refractivity contribution in [2.45, 2.75) is 19.3 Å². The van der Waals surface area contributed by atoms with E-state index in [2.05, 4.69) is 4.99 Å². The normalized spacial score (nSPS) is 15.7. The van der Waals surface area contributed by atoms with Crippen LogP contribution in [0.15, 0.2) is 57.8 Å². The summed E-state index contributed by atoms with van der Waals surface area (Å²) in [4.78, 5) is 6.57. The Balaban J connectivity index is 2.22. The molecular weight excluding hydrogens is 312 g/mol. The molecule has 0 unspecified atom stereocenters. The fraction of sp³-hybridized carbons (Fsp3) is 0.250. The molecule has 1 aromatic rings. The number of aliphatic imine (C=N–C) groups is 1. The van der Waals surface area contributed by atoms with Gasteiger partial charge < -0.3 is 9.64 Å². The van der Waals surface area contributed by atoms with E-state index in [-0.39, 0.29) is 5.57 Å². The molecule has 1 aromatic carbocycles. The molecule has 2 aliphatic rings. The highest BCUT2D eigenvalue weighted by atomic mass is 16.5. The molecular formula is C20H18N4O. The van der Waals surface area contributed by atoms with E-state index in [4.69, 9.17) is 15.3 Å². The Morgan fingerprint density at radius 3 is 2.68 bits per heavy atom. The molecule has 0 saturated heterocycles. The van der Waals surface area contributed by atoms with Crippen LogP contribution >= 0.6 is 0 Å². The fourth-order valence-corrected chi connectivity index (χ4v) is 2.98. The van der Waals surface area contributed by atoms with E-state index in [1.807, 2.05) is 55.4 Å². The van der Waals surface area contributed by atoms with E-state index in [0.717, 1.165) is 53.2 Å². The van der Waals surface area contributed by atoms with Crippen LogP contribution < -0.4 is 4.74 Å². The van der Waals surface area contributed by atoms with Crippen LogP contribution in [0.3, 0.4) is 0 Å². The van der Waals surface area contributed by atoms with E-state index in [0.29, 0.717) is 0 Å². The Labute approximate surface area is 147 Å². The first-order valence-corrected chi connectivity index (χ1v) is 8.10. The first-order chi connectivity index (χ1) is 12.1. The molecule has 1 aliphatic carbocycles. The van der Waals surface area contributed by atoms with Crippen LogP contribution in [-0.4, -0.2) is 25.3 Å². The van der Waals surface area contributed by atoms with Crippen LogP contribution in [-0.2, 0) is 0 Å². The molecule has 3 rings (SSSR count). The largest absolute Gasteiger partial charge is 0.456 e. The van der Waals surface area contributed by atoms with Gasteiger partial charge >= 0.3 is 0 Å². The van der Waals surface area contributed by atoms with Gasteiger partial charge in [-0.05, 0) is 43.0 Å². The van der Waals surface area contributed by atoms with Crippen LogP contribution in [0.2, 0.25) is 0 Å². The van der Waals surface area contributed by atoms with Crippen molar-refractivity contribution in [3.63, 3.8) is 0 Å². The maximum absolute atomic E-state index is 9.06. The first-order valence-electron chi connectivity index (χ1n) is 8.10. The average Bonchev–Trinajstić information content (AvgIpc) is 2.63. The Morgan fingerprint density at radius 2 is 1.96 bits per heavy atom. The maximum atomic E-state index is 9.06. The molecule has 25 heavy (non-hydrogen) atoms. The zero-order valence-electron chi connectivity index (χ0n) is 14.3. The van der Waals surface area contributed by atoms with Crippen molar-refractivity contribution in [1.29, 1.82) is 10.5 Å². The predicted octanol–water partition coefficient (Wildman–Crippen LogP) is 3.79. The summed E-state index contributed by atoms with van der Waals surface area (Å²) < 4.78 is 6.15. The summed E-state index contributed by atoms with van der Waals surface area (Å²) in [5.41, 5.74) is 3.86. The quantitative estimate of drug-likeness (QED) is 0.480. The molecule has 1 aliphatic heterocycles. The molecule has 0 radical (unpaired) electrons. The van der Waals surface area contributed by atoms with Gasteiger partial charge in [0.25, 0.3) is 0 Å². The highest BCUT2D eigenvalue weighted by Crippen LogP contribution is 2.44. The summed E-state index contributed by atoms with van der Waals surface area (Å²) in [5.74, 6) is 1.48. The summed E-state index contributed by atoms with van der Waals surface area (Å²) in [6, 6.07) is 11.7. The minimum Gasteiger partial charge on any atom is -0.456 e. The number of para-hydroxylation sites is 1. The number of hydrogen-bond acceptors (Lipinski definition) is 4. The Morgan fingerprint density at radius 1 is 1.20 bits per heavy atom. The predicted molar refractivity (Wildman–Crippen MR) is 96.4 cm³/mol. The SMILES string of the molecule is CN(C)C=NC1=C2CCCC(C=C(C#N)C#N)=C2Oc2ccccc21. The number of nitriles is 2. The van der Waals surface area contributed by atoms with Crippen LogP contribution in [0.5, 0.6) is 5.75 Å². The molecule has 0 aromatic heterocycles. The van der Waals surface area contributed by atoms with E-state index in [1.54, 1.807) is 12.4 Å². The Kier molecular flexibility index (Phi) is 4.68. The van der Waals surface area contributed by atoms with Gasteiger partial charge in [-0.15, -0.1) is 0 Å². The molecule has 0 amide bonds. The molecule has 124 valence electrons. The molecule has 0 spiro atoms. The van der Waals surface area contributed by atoms with Gasteiger partial charge in [0.05, 0.1) is 12.0 Å². The second-order valence-corrected chi connectivity index (χ2v) is 6.12. The number of nitrogens with zero attached hydrogens (tertiary/aromatic N) is 4. The van der Waals surface area contributed by atoms with Gasteiger partial charge in [0.15, 0.2) is 0 Å². The van der Waals surface area contributed by atoms with Gasteiger partial charge in [0.1, 0.15) is 29.2 Å². The smallest absolute Gasteiger partial charge is 0.136 e. The zero-order valence-corrected chi connectivity index (χ0v) is 14.3. The third kappa shape index (κ3) is 3.32. The highest BCUT2D eigenvalue weighted by molar-refractivity contribution is 5.82. The monoisotopic (exact) mass is 330 g/mol. The summed E-state index contributed by atoms with van der Waals surface area (Å²) in [6.07, 6.45) is 5.98. The first kappa shape index (κ1) is 16.5. The van der Waals surface area contributed by atoms with Crippen molar-refractivity contribution in [2.75, 3.05) is 14.1 Å². The molecule has 0 N–H and O–H groups in total. The summed E-state index contributed by atoms with van der Waals surface area (Å²) in [6.45, 7) is 0. The summed E-state index contributed by atoms with van der Waals surface area (Å²) in [7, 11) is 3.86. The molecule has 5 heteroatoms. The fourth-order valence-electron chi connectivity index (χ4n) is 2.98. The lowest BCUT2D eigenvalue weighted by Gasteiger charge is -2.29. The number of hydrogen-bond donors (Lipinski definition) is 0. The Hall–Kier alpha value is -3.31. The third-order valence-electron chi connectivity index (χ3n) is 4.06. The molecule has 5 nitrogen and oxygen atoms in total. The summed E-state index contributed by atoms with van der Waals surface area (Å²) >= 11 is 0. The second kappa shape index (κ2) is 7.07. The Bertz CT molecular complexity index is 888. The molecule has 0 saturated carbocycles. The highest BCUT2D eigenvalue weighted by Gasteiger charge is 2.28. The lowest BCUT2D eigenvalue weighted by atomic mass is 9.87. The maximum Gasteiger partial charge on any atom is 0.136 e. The minimum atomic E-state index is 0.0875. The van der Waals surface area contributed by atoms with Crippen molar-refractivity contribution >= 4 is 12.0 Å². The van der Waals surface area contributed by atoms with Crippen molar-refractivity contribution in [2.24, 2.45) is 4.99 Å². The summed E-state index contributed by atoms with van der Waals surface area (Å²) in [5, 5.41) is 18.1. The number of fused-ring (bicyclic) bond motifs is 2. The molecule has 0 bridgehead atoms. The van der Waals surface area contributed by atoms with E-state index in [9.17, 15) is 0 Å². The van der Waals surface area contributed by atoms with Crippen molar-refractivity contribution in [1.82, 2.24) is 4.90 Å². The van der Waals surface area contributed by atoms with E-state index >= 15 is 0 Å². The van der Waals surface area contributed by atoms with Crippen LogP contribution in [0.4, 0.5) is 0 Å². The van der Waals surface area contributed by atoms with Gasteiger partial charge in [-0.2, -0.15) is 10.5 Å². The van der Waals surface area contributed by atoms with Crippen molar-refractivity contribution < 1.29 is 4.74 Å². The van der Waals surface area contributed by atoms with Crippen molar-refractivity contribution in [3.8, 4) is 17.9 Å². The average molecular weight is 330 g/mol. The number of rotatable bonds is 3. The van der Waals surface area contributed by atoms with E-state index in [1.165, 1.54) is 0 Å². The van der Waals surface area contributed by atoms with Gasteiger partial charge in [0, 0.05) is 25.2 Å². The number of allylic oxidation sites excluding steroid dienone is 4. The zero-order chi connectivity index (χ0) is 17.8. The van der Waals surface area contributed by atoms with Crippen LogP contribution in [0, 0.1) is 22.7 Å². The van der Waals surface area contributed by atoms with Gasteiger partial charge in [0.2, 0.25) is 0 Å². The van der Waals surface area contributed by atoms with E-state index < -0.39 is 0 Å². The van der Waals surface area contributed by atoms with Crippen LogP contribution in [0.1, 0.15) is 24.8 Å². The standard InChI is InChI=1S/C20H18N4O/c1-24(2)13-23-19-16-7-3-4-9-18(16)25-20-15(6-5-8-17(19)20)10-14(11-21)12-22/h3-4,7,9-10,13H,5-6,8H2,1-2H3. The topological polar surface area (TPSA) is 72.4 Å².